The number of hydrogen-bond donors (Lipinski definition) is 1. The second kappa shape index (κ2) is 7.74. The highest BCUT2D eigenvalue weighted by Crippen LogP contribution is 2.17. The summed E-state index contributed by atoms with van der Waals surface area (Å²) in [6, 6.07) is 11.5. The molecule has 122 valence electrons. The molecule has 0 spiro atoms. The van der Waals surface area contributed by atoms with Gasteiger partial charge in [-0.2, -0.15) is 4.98 Å². The van der Waals surface area contributed by atoms with Crippen LogP contribution in [0.4, 0.5) is 0 Å². The van der Waals surface area contributed by atoms with Crippen LogP contribution in [0, 0.1) is 6.92 Å². The minimum Gasteiger partial charge on any atom is -0.351 e. The second-order valence-electron chi connectivity index (χ2n) is 5.08. The Morgan fingerprint density at radius 3 is 2.58 bits per heavy atom. The molecule has 2 heterocycles. The van der Waals surface area contributed by atoms with E-state index in [9.17, 15) is 4.79 Å². The van der Waals surface area contributed by atoms with Crippen LogP contribution < -0.4 is 5.32 Å². The third kappa shape index (κ3) is 4.42. The predicted molar refractivity (Wildman–Crippen MR) is 91.3 cm³/mol. The molecule has 0 radical (unpaired) electrons. The van der Waals surface area contributed by atoms with Crippen molar-refractivity contribution < 1.29 is 9.32 Å². The molecule has 24 heavy (non-hydrogen) atoms. The maximum absolute atomic E-state index is 11.9. The molecule has 6 nitrogen and oxygen atoms in total. The van der Waals surface area contributed by atoms with Gasteiger partial charge in [-0.05, 0) is 17.7 Å². The van der Waals surface area contributed by atoms with Crippen LogP contribution in [0.15, 0.2) is 58.2 Å². The van der Waals surface area contributed by atoms with Gasteiger partial charge in [0.2, 0.25) is 17.6 Å². The standard InChI is InChI=1S/C17H16N4O2S/c1-12-20-17(21-23-12)14-4-2-13(3-5-14)10-19-16(22)11-24-15-6-8-18-9-7-15/h2-9H,10-11H2,1H3,(H,19,22). The van der Waals surface area contributed by atoms with E-state index in [0.29, 0.717) is 24.0 Å². The Kier molecular flexibility index (Phi) is 5.22. The number of pyridine rings is 1. The van der Waals surface area contributed by atoms with Crippen molar-refractivity contribution in [2.45, 2.75) is 18.4 Å². The molecule has 1 aromatic carbocycles. The number of carbonyl (C=O) groups is 1. The van der Waals surface area contributed by atoms with Crippen molar-refractivity contribution in [3.05, 3.63) is 60.2 Å². The monoisotopic (exact) mass is 340 g/mol. The van der Waals surface area contributed by atoms with Gasteiger partial charge in [-0.3, -0.25) is 9.78 Å². The van der Waals surface area contributed by atoms with E-state index in [1.54, 1.807) is 19.3 Å². The summed E-state index contributed by atoms with van der Waals surface area (Å²) >= 11 is 1.49. The van der Waals surface area contributed by atoms with Gasteiger partial charge in [-0.1, -0.05) is 29.4 Å². The van der Waals surface area contributed by atoms with Gasteiger partial charge < -0.3 is 9.84 Å². The van der Waals surface area contributed by atoms with Gasteiger partial charge >= 0.3 is 0 Å². The number of aryl methyl sites for hydroxylation is 1. The number of benzene rings is 1. The van der Waals surface area contributed by atoms with Crippen molar-refractivity contribution in [3.63, 3.8) is 0 Å². The zero-order valence-corrected chi connectivity index (χ0v) is 13.9. The number of nitrogens with zero attached hydrogens (tertiary/aromatic N) is 3. The lowest BCUT2D eigenvalue weighted by Crippen LogP contribution is -2.24. The molecule has 1 N–H and O–H groups in total. The molecule has 1 amide bonds. The fraction of sp³-hybridized carbons (Fsp3) is 0.176. The van der Waals surface area contributed by atoms with Crippen LogP contribution in [0.3, 0.4) is 0 Å². The van der Waals surface area contributed by atoms with E-state index in [4.69, 9.17) is 4.52 Å². The van der Waals surface area contributed by atoms with Gasteiger partial charge in [0.1, 0.15) is 0 Å². The molecular formula is C17H16N4O2S. The van der Waals surface area contributed by atoms with Gasteiger partial charge in [-0.25, -0.2) is 0 Å². The van der Waals surface area contributed by atoms with Crippen LogP contribution in [0.25, 0.3) is 11.4 Å². The molecule has 2 aromatic heterocycles. The Balaban J connectivity index is 1.48. The van der Waals surface area contributed by atoms with Crippen LogP contribution in [-0.4, -0.2) is 26.8 Å². The van der Waals surface area contributed by atoms with Crippen molar-refractivity contribution in [1.29, 1.82) is 0 Å². The first-order valence-electron chi connectivity index (χ1n) is 7.40. The summed E-state index contributed by atoms with van der Waals surface area (Å²) in [5, 5.41) is 6.79. The first-order valence-corrected chi connectivity index (χ1v) is 8.38. The minimum absolute atomic E-state index is 0.00492. The van der Waals surface area contributed by atoms with Crippen molar-refractivity contribution >= 4 is 17.7 Å². The van der Waals surface area contributed by atoms with E-state index in [1.807, 2.05) is 36.4 Å². The van der Waals surface area contributed by atoms with Crippen LogP contribution in [0.2, 0.25) is 0 Å². The third-order valence-electron chi connectivity index (χ3n) is 3.25. The lowest BCUT2D eigenvalue weighted by atomic mass is 10.1. The Labute approximate surface area is 143 Å². The van der Waals surface area contributed by atoms with Gasteiger partial charge in [-0.15, -0.1) is 11.8 Å². The number of aromatic nitrogens is 3. The molecular weight excluding hydrogens is 324 g/mol. The summed E-state index contributed by atoms with van der Waals surface area (Å²) in [4.78, 5) is 21.1. The lowest BCUT2D eigenvalue weighted by molar-refractivity contribution is -0.118. The number of rotatable bonds is 6. The van der Waals surface area contributed by atoms with Gasteiger partial charge in [0.25, 0.3) is 0 Å². The normalized spacial score (nSPS) is 10.5. The van der Waals surface area contributed by atoms with E-state index in [-0.39, 0.29) is 5.91 Å². The van der Waals surface area contributed by atoms with Crippen molar-refractivity contribution in [2.24, 2.45) is 0 Å². The second-order valence-corrected chi connectivity index (χ2v) is 6.13. The molecule has 0 unspecified atom stereocenters. The Hall–Kier alpha value is -2.67. The highest BCUT2D eigenvalue weighted by molar-refractivity contribution is 8.00. The summed E-state index contributed by atoms with van der Waals surface area (Å²) in [6.07, 6.45) is 3.43. The van der Waals surface area contributed by atoms with E-state index in [1.165, 1.54) is 11.8 Å². The van der Waals surface area contributed by atoms with Crippen LogP contribution in [0.5, 0.6) is 0 Å². The molecule has 3 aromatic rings. The molecule has 0 fully saturated rings. The number of thioether (sulfide) groups is 1. The largest absolute Gasteiger partial charge is 0.351 e. The topological polar surface area (TPSA) is 80.9 Å². The maximum Gasteiger partial charge on any atom is 0.230 e. The smallest absolute Gasteiger partial charge is 0.230 e. The van der Waals surface area contributed by atoms with Gasteiger partial charge in [0, 0.05) is 36.3 Å². The maximum atomic E-state index is 11.9. The van der Waals surface area contributed by atoms with Crippen molar-refractivity contribution in [1.82, 2.24) is 20.4 Å². The van der Waals surface area contributed by atoms with Crippen LogP contribution >= 0.6 is 11.8 Å². The Morgan fingerprint density at radius 1 is 1.17 bits per heavy atom. The van der Waals surface area contributed by atoms with Gasteiger partial charge in [0.15, 0.2) is 0 Å². The van der Waals surface area contributed by atoms with Crippen molar-refractivity contribution in [2.75, 3.05) is 5.75 Å². The first-order chi connectivity index (χ1) is 11.7. The number of carbonyl (C=O) groups excluding carboxylic acids is 1. The number of hydrogen-bond acceptors (Lipinski definition) is 6. The van der Waals surface area contributed by atoms with E-state index in [0.717, 1.165) is 16.0 Å². The van der Waals surface area contributed by atoms with Crippen LogP contribution in [-0.2, 0) is 11.3 Å². The zero-order valence-electron chi connectivity index (χ0n) is 13.1. The first kappa shape index (κ1) is 16.2. The molecule has 0 aliphatic carbocycles. The molecule has 0 atom stereocenters. The third-order valence-corrected chi connectivity index (χ3v) is 4.26. The summed E-state index contributed by atoms with van der Waals surface area (Å²) < 4.78 is 4.97. The quantitative estimate of drug-likeness (QED) is 0.695. The van der Waals surface area contributed by atoms with Gasteiger partial charge in [0.05, 0.1) is 5.75 Å². The summed E-state index contributed by atoms with van der Waals surface area (Å²) in [6.45, 7) is 2.24. The zero-order chi connectivity index (χ0) is 16.8. The number of amides is 1. The fourth-order valence-corrected chi connectivity index (χ4v) is 2.74. The summed E-state index contributed by atoms with van der Waals surface area (Å²) in [7, 11) is 0. The molecule has 0 saturated carbocycles. The van der Waals surface area contributed by atoms with E-state index in [2.05, 4.69) is 20.4 Å². The molecule has 3 rings (SSSR count). The average molecular weight is 340 g/mol. The predicted octanol–water partition coefficient (Wildman–Crippen LogP) is 2.85. The van der Waals surface area contributed by atoms with Crippen molar-refractivity contribution in [3.8, 4) is 11.4 Å². The molecule has 0 aliphatic heterocycles. The fourth-order valence-electron chi connectivity index (χ4n) is 2.02. The SMILES string of the molecule is Cc1nc(-c2ccc(CNC(=O)CSc3ccncc3)cc2)no1. The van der Waals surface area contributed by atoms with E-state index >= 15 is 0 Å². The minimum atomic E-state index is -0.00492. The summed E-state index contributed by atoms with van der Waals surface area (Å²) in [5.41, 5.74) is 1.90. The summed E-state index contributed by atoms with van der Waals surface area (Å²) in [5.74, 6) is 1.48. The number of nitrogens with one attached hydrogen (secondary N) is 1. The Bertz CT molecular complexity index is 803. The molecule has 7 heteroatoms. The highest BCUT2D eigenvalue weighted by Gasteiger charge is 2.06. The highest BCUT2D eigenvalue weighted by atomic mass is 32.2. The molecule has 0 bridgehead atoms. The van der Waals surface area contributed by atoms with E-state index < -0.39 is 0 Å². The lowest BCUT2D eigenvalue weighted by Gasteiger charge is -2.06. The average Bonchev–Trinajstić information content (AvgIpc) is 3.06. The van der Waals surface area contributed by atoms with Crippen LogP contribution in [0.1, 0.15) is 11.5 Å². The molecule has 0 saturated heterocycles. The Morgan fingerprint density at radius 2 is 1.92 bits per heavy atom. The molecule has 0 aliphatic rings.